The van der Waals surface area contributed by atoms with Crippen LogP contribution in [-0.4, -0.2) is 21.8 Å². The molecule has 4 rings (SSSR count). The van der Waals surface area contributed by atoms with Crippen LogP contribution in [0.2, 0.25) is 0 Å². The quantitative estimate of drug-likeness (QED) is 0.412. The Hall–Kier alpha value is -3.87. The molecule has 0 aliphatic carbocycles. The predicted molar refractivity (Wildman–Crippen MR) is 113 cm³/mol. The van der Waals surface area contributed by atoms with Gasteiger partial charge in [-0.25, -0.2) is 4.98 Å². The third-order valence-corrected chi connectivity index (χ3v) is 4.77. The number of rotatable bonds is 7. The zero-order valence-electron chi connectivity index (χ0n) is 16.4. The molecule has 2 aromatic heterocycles. The number of nitrogens with zero attached hydrogens (tertiary/aromatic N) is 1. The smallest absolute Gasteiger partial charge is 0.242 e. The molecule has 0 unspecified atom stereocenters. The van der Waals surface area contributed by atoms with E-state index in [1.54, 1.807) is 6.20 Å². The number of carbonyl (C=O) groups excluding carboxylic acids is 2. The summed E-state index contributed by atoms with van der Waals surface area (Å²) in [7, 11) is 0. The lowest BCUT2D eigenvalue weighted by molar-refractivity contribution is -0.128. The highest BCUT2D eigenvalue weighted by molar-refractivity contribution is 5.89. The molecule has 0 aliphatic rings. The van der Waals surface area contributed by atoms with E-state index < -0.39 is 0 Å². The van der Waals surface area contributed by atoms with Crippen molar-refractivity contribution in [3.63, 3.8) is 0 Å². The number of amides is 2. The van der Waals surface area contributed by atoms with E-state index in [-0.39, 0.29) is 24.7 Å². The molecule has 7 heteroatoms. The van der Waals surface area contributed by atoms with Crippen molar-refractivity contribution in [1.29, 1.82) is 0 Å². The van der Waals surface area contributed by atoms with E-state index in [0.717, 1.165) is 22.0 Å². The van der Waals surface area contributed by atoms with E-state index in [1.807, 2.05) is 60.8 Å². The topological polar surface area (TPSA) is 100 Å². The molecule has 30 heavy (non-hydrogen) atoms. The van der Waals surface area contributed by atoms with Crippen molar-refractivity contribution in [3.8, 4) is 11.3 Å². The number of hydrogen-bond donors (Lipinski definition) is 3. The summed E-state index contributed by atoms with van der Waals surface area (Å²) in [6.45, 7) is 0. The maximum Gasteiger partial charge on any atom is 0.242 e. The Morgan fingerprint density at radius 2 is 1.73 bits per heavy atom. The molecule has 3 N–H and O–H groups in total. The molecule has 0 atom stereocenters. The molecule has 0 aliphatic heterocycles. The monoisotopic (exact) mass is 402 g/mol. The van der Waals surface area contributed by atoms with Crippen LogP contribution in [0.3, 0.4) is 0 Å². The summed E-state index contributed by atoms with van der Waals surface area (Å²) in [5.74, 6) is 0.773. The van der Waals surface area contributed by atoms with E-state index >= 15 is 0 Å². The van der Waals surface area contributed by atoms with Gasteiger partial charge in [-0.3, -0.25) is 20.4 Å². The zero-order valence-corrected chi connectivity index (χ0v) is 16.4. The Morgan fingerprint density at radius 1 is 0.967 bits per heavy atom. The molecule has 0 spiro atoms. The van der Waals surface area contributed by atoms with Gasteiger partial charge in [0.1, 0.15) is 0 Å². The lowest BCUT2D eigenvalue weighted by atomic mass is 10.1. The largest absolute Gasteiger partial charge is 0.441 e. The second kappa shape index (κ2) is 9.09. The van der Waals surface area contributed by atoms with Gasteiger partial charge >= 0.3 is 0 Å². The summed E-state index contributed by atoms with van der Waals surface area (Å²) in [4.78, 5) is 31.5. The molecule has 4 aromatic rings. The highest BCUT2D eigenvalue weighted by Gasteiger charge is 2.11. The standard InChI is InChI=1S/C23H22N4O3/c28-21(11-6-12-23-25-15-20(30-23)16-7-2-1-3-8-16)26-27-22(29)13-17-14-24-19-10-5-4-9-18(17)19/h1-5,7-10,14-15,24H,6,11-13H2,(H,26,28)(H,27,29). The van der Waals surface area contributed by atoms with Crippen molar-refractivity contribution < 1.29 is 14.0 Å². The van der Waals surface area contributed by atoms with Gasteiger partial charge in [0.15, 0.2) is 11.7 Å². The highest BCUT2D eigenvalue weighted by atomic mass is 16.4. The number of aryl methyl sites for hydroxylation is 1. The van der Waals surface area contributed by atoms with Crippen molar-refractivity contribution in [3.05, 3.63) is 78.4 Å². The van der Waals surface area contributed by atoms with Gasteiger partial charge in [0.2, 0.25) is 11.8 Å². The molecule has 7 nitrogen and oxygen atoms in total. The van der Waals surface area contributed by atoms with Crippen LogP contribution in [0, 0.1) is 0 Å². The average molecular weight is 402 g/mol. The van der Waals surface area contributed by atoms with Gasteiger partial charge < -0.3 is 9.40 Å². The minimum absolute atomic E-state index is 0.183. The number of oxazole rings is 1. The number of nitrogens with one attached hydrogen (secondary N) is 3. The first-order valence-electron chi connectivity index (χ1n) is 9.82. The fourth-order valence-corrected chi connectivity index (χ4v) is 3.26. The number of H-pyrrole nitrogens is 1. The van der Waals surface area contributed by atoms with Crippen LogP contribution in [0.15, 0.2) is 71.4 Å². The minimum Gasteiger partial charge on any atom is -0.441 e. The third-order valence-electron chi connectivity index (χ3n) is 4.77. The van der Waals surface area contributed by atoms with E-state index in [0.29, 0.717) is 24.5 Å². The number of carbonyl (C=O) groups is 2. The van der Waals surface area contributed by atoms with Crippen LogP contribution in [-0.2, 0) is 22.4 Å². The first-order chi connectivity index (χ1) is 14.7. The van der Waals surface area contributed by atoms with Crippen molar-refractivity contribution >= 4 is 22.7 Å². The van der Waals surface area contributed by atoms with Gasteiger partial charge in [0.05, 0.1) is 12.6 Å². The summed E-state index contributed by atoms with van der Waals surface area (Å²) in [6, 6.07) is 17.5. The van der Waals surface area contributed by atoms with Crippen molar-refractivity contribution in [1.82, 2.24) is 20.8 Å². The maximum absolute atomic E-state index is 12.1. The number of hydrazine groups is 1. The van der Waals surface area contributed by atoms with Gasteiger partial charge in [-0.15, -0.1) is 0 Å². The van der Waals surface area contributed by atoms with E-state index in [9.17, 15) is 9.59 Å². The molecule has 2 amide bonds. The summed E-state index contributed by atoms with van der Waals surface area (Å²) in [5.41, 5.74) is 7.76. The molecule has 0 fully saturated rings. The van der Waals surface area contributed by atoms with Gasteiger partial charge in [0.25, 0.3) is 0 Å². The SMILES string of the molecule is O=C(CCCc1ncc(-c2ccccc2)o1)NNC(=O)Cc1c[nH]c2ccccc12. The van der Waals surface area contributed by atoms with Crippen LogP contribution in [0.1, 0.15) is 24.3 Å². The van der Waals surface area contributed by atoms with E-state index in [4.69, 9.17) is 4.42 Å². The molecule has 0 radical (unpaired) electrons. The fourth-order valence-electron chi connectivity index (χ4n) is 3.26. The number of aromatic nitrogens is 2. The second-order valence-electron chi connectivity index (χ2n) is 6.97. The number of hydrogen-bond acceptors (Lipinski definition) is 4. The Morgan fingerprint density at radius 3 is 2.60 bits per heavy atom. The summed E-state index contributed by atoms with van der Waals surface area (Å²) < 4.78 is 5.73. The highest BCUT2D eigenvalue weighted by Crippen LogP contribution is 2.20. The van der Waals surface area contributed by atoms with Gasteiger partial charge in [-0.1, -0.05) is 48.5 Å². The van der Waals surface area contributed by atoms with Gasteiger partial charge in [0, 0.05) is 35.5 Å². The summed E-state index contributed by atoms with van der Waals surface area (Å²) in [6.07, 6.45) is 5.06. The Labute approximate surface area is 173 Å². The average Bonchev–Trinajstić information content (AvgIpc) is 3.41. The van der Waals surface area contributed by atoms with Crippen LogP contribution in [0.5, 0.6) is 0 Å². The fraction of sp³-hybridized carbons (Fsp3) is 0.174. The van der Waals surface area contributed by atoms with E-state index in [1.165, 1.54) is 0 Å². The Balaban J connectivity index is 1.19. The summed E-state index contributed by atoms with van der Waals surface area (Å²) in [5, 5.41) is 1.000. The number of benzene rings is 2. The van der Waals surface area contributed by atoms with Gasteiger partial charge in [-0.2, -0.15) is 0 Å². The van der Waals surface area contributed by atoms with Crippen LogP contribution in [0.25, 0.3) is 22.2 Å². The molecular formula is C23H22N4O3. The Kier molecular flexibility index (Phi) is 5.89. The van der Waals surface area contributed by atoms with Crippen LogP contribution in [0.4, 0.5) is 0 Å². The first-order valence-corrected chi connectivity index (χ1v) is 9.82. The van der Waals surface area contributed by atoms with E-state index in [2.05, 4.69) is 20.8 Å². The number of aromatic amines is 1. The lowest BCUT2D eigenvalue weighted by Gasteiger charge is -2.06. The zero-order chi connectivity index (χ0) is 20.8. The molecule has 152 valence electrons. The van der Waals surface area contributed by atoms with Crippen molar-refractivity contribution in [2.45, 2.75) is 25.7 Å². The molecule has 0 saturated heterocycles. The Bertz CT molecular complexity index is 1150. The predicted octanol–water partition coefficient (Wildman–Crippen LogP) is 3.54. The van der Waals surface area contributed by atoms with Crippen LogP contribution < -0.4 is 10.9 Å². The minimum atomic E-state index is -0.270. The normalized spacial score (nSPS) is 10.8. The van der Waals surface area contributed by atoms with Crippen molar-refractivity contribution in [2.75, 3.05) is 0 Å². The number of para-hydroxylation sites is 1. The molecule has 2 aromatic carbocycles. The van der Waals surface area contributed by atoms with Gasteiger partial charge in [-0.05, 0) is 18.1 Å². The number of fused-ring (bicyclic) bond motifs is 1. The maximum atomic E-state index is 12.1. The molecule has 0 bridgehead atoms. The first kappa shape index (κ1) is 19.4. The lowest BCUT2D eigenvalue weighted by Crippen LogP contribution is -2.42. The van der Waals surface area contributed by atoms with Crippen LogP contribution >= 0.6 is 0 Å². The molecule has 0 saturated carbocycles. The summed E-state index contributed by atoms with van der Waals surface area (Å²) >= 11 is 0. The molecule has 2 heterocycles. The van der Waals surface area contributed by atoms with Crippen molar-refractivity contribution in [2.24, 2.45) is 0 Å². The second-order valence-corrected chi connectivity index (χ2v) is 6.97. The molecular weight excluding hydrogens is 380 g/mol. The third kappa shape index (κ3) is 4.75.